The van der Waals surface area contributed by atoms with Crippen molar-refractivity contribution in [2.75, 3.05) is 46.1 Å². The van der Waals surface area contributed by atoms with Crippen LogP contribution < -0.4 is 0 Å². The van der Waals surface area contributed by atoms with Gasteiger partial charge in [0.1, 0.15) is 0 Å². The van der Waals surface area contributed by atoms with E-state index in [0.717, 1.165) is 26.3 Å². The van der Waals surface area contributed by atoms with E-state index in [1.807, 2.05) is 0 Å². The number of nitrogens with zero attached hydrogens (tertiary/aromatic N) is 1. The topological polar surface area (TPSA) is 41.9 Å². The number of morpholine rings is 1. The fourth-order valence-corrected chi connectivity index (χ4v) is 1.44. The first-order valence-corrected chi connectivity index (χ1v) is 4.85. The highest BCUT2D eigenvalue weighted by Gasteiger charge is 2.17. The highest BCUT2D eigenvalue weighted by atomic mass is 16.5. The zero-order chi connectivity index (χ0) is 9.52. The van der Waals surface area contributed by atoms with E-state index in [4.69, 9.17) is 14.6 Å². The summed E-state index contributed by atoms with van der Waals surface area (Å²) in [6.45, 7) is 6.98. The predicted molar refractivity (Wildman–Crippen MR) is 49.8 cm³/mol. The molecule has 1 N–H and O–H groups in total. The van der Waals surface area contributed by atoms with Gasteiger partial charge in [-0.15, -0.1) is 0 Å². The van der Waals surface area contributed by atoms with E-state index in [9.17, 15) is 0 Å². The Balaban J connectivity index is 2.05. The van der Waals surface area contributed by atoms with Gasteiger partial charge in [0.05, 0.1) is 33.0 Å². The Morgan fingerprint density at radius 1 is 1.54 bits per heavy atom. The number of rotatable bonds is 5. The molecule has 1 aliphatic rings. The maximum absolute atomic E-state index is 8.50. The quantitative estimate of drug-likeness (QED) is 0.604. The number of aliphatic hydroxyl groups excluding tert-OH is 1. The summed E-state index contributed by atoms with van der Waals surface area (Å²) >= 11 is 0. The third kappa shape index (κ3) is 4.04. The molecular weight excluding hydrogens is 170 g/mol. The highest BCUT2D eigenvalue weighted by Crippen LogP contribution is 2.04. The van der Waals surface area contributed by atoms with Crippen LogP contribution >= 0.6 is 0 Å². The van der Waals surface area contributed by atoms with E-state index in [1.165, 1.54) is 0 Å². The summed E-state index contributed by atoms with van der Waals surface area (Å²) in [5, 5.41) is 8.50. The van der Waals surface area contributed by atoms with Crippen LogP contribution in [0, 0.1) is 0 Å². The van der Waals surface area contributed by atoms with E-state index in [-0.39, 0.29) is 6.61 Å². The monoisotopic (exact) mass is 189 g/mol. The maximum atomic E-state index is 8.50. The molecule has 0 bridgehead atoms. The molecule has 4 heteroatoms. The van der Waals surface area contributed by atoms with Crippen LogP contribution in [0.2, 0.25) is 0 Å². The second-order valence-corrected chi connectivity index (χ2v) is 3.30. The molecular formula is C9H19NO3. The molecule has 78 valence electrons. The van der Waals surface area contributed by atoms with Crippen molar-refractivity contribution in [3.63, 3.8) is 0 Å². The largest absolute Gasteiger partial charge is 0.394 e. The Labute approximate surface area is 79.4 Å². The molecule has 4 nitrogen and oxygen atoms in total. The molecule has 0 radical (unpaired) electrons. The summed E-state index contributed by atoms with van der Waals surface area (Å²) in [6.07, 6.45) is 0. The third-order valence-corrected chi connectivity index (χ3v) is 2.26. The molecule has 1 rings (SSSR count). The summed E-state index contributed by atoms with van der Waals surface area (Å²) in [5.41, 5.74) is 0. The second kappa shape index (κ2) is 6.32. The lowest BCUT2D eigenvalue weighted by Gasteiger charge is -2.32. The summed E-state index contributed by atoms with van der Waals surface area (Å²) in [7, 11) is 0. The summed E-state index contributed by atoms with van der Waals surface area (Å²) in [4.78, 5) is 2.35. The van der Waals surface area contributed by atoms with Gasteiger partial charge in [0.25, 0.3) is 0 Å². The fraction of sp³-hybridized carbons (Fsp3) is 1.00. The maximum Gasteiger partial charge on any atom is 0.0698 e. The first-order valence-electron chi connectivity index (χ1n) is 4.85. The van der Waals surface area contributed by atoms with E-state index < -0.39 is 0 Å². The zero-order valence-corrected chi connectivity index (χ0v) is 8.24. The minimum atomic E-state index is 0.110. The van der Waals surface area contributed by atoms with Gasteiger partial charge in [0.15, 0.2) is 0 Å². The third-order valence-electron chi connectivity index (χ3n) is 2.26. The van der Waals surface area contributed by atoms with Crippen molar-refractivity contribution >= 4 is 0 Å². The SMILES string of the molecule is CC1COCCN1CCOCCO. The van der Waals surface area contributed by atoms with Gasteiger partial charge in [-0.05, 0) is 6.92 Å². The van der Waals surface area contributed by atoms with Gasteiger partial charge in [0.2, 0.25) is 0 Å². The second-order valence-electron chi connectivity index (χ2n) is 3.30. The number of hydrogen-bond donors (Lipinski definition) is 1. The van der Waals surface area contributed by atoms with Gasteiger partial charge >= 0.3 is 0 Å². The number of ether oxygens (including phenoxy) is 2. The lowest BCUT2D eigenvalue weighted by molar-refractivity contribution is -0.0161. The molecule has 0 spiro atoms. The molecule has 0 saturated carbocycles. The minimum Gasteiger partial charge on any atom is -0.394 e. The van der Waals surface area contributed by atoms with Crippen molar-refractivity contribution in [1.82, 2.24) is 4.90 Å². The first kappa shape index (κ1) is 10.9. The lowest BCUT2D eigenvalue weighted by Crippen LogP contribution is -2.45. The summed E-state index contributed by atoms with van der Waals surface area (Å²) < 4.78 is 10.5. The van der Waals surface area contributed by atoms with Crippen LogP contribution in [0.25, 0.3) is 0 Å². The van der Waals surface area contributed by atoms with Crippen molar-refractivity contribution < 1.29 is 14.6 Å². The van der Waals surface area contributed by atoms with E-state index in [2.05, 4.69) is 11.8 Å². The Morgan fingerprint density at radius 2 is 2.38 bits per heavy atom. The number of aliphatic hydroxyl groups is 1. The van der Waals surface area contributed by atoms with Crippen LogP contribution in [-0.4, -0.2) is 62.2 Å². The van der Waals surface area contributed by atoms with Crippen LogP contribution in [-0.2, 0) is 9.47 Å². The van der Waals surface area contributed by atoms with Crippen molar-refractivity contribution in [3.05, 3.63) is 0 Å². The normalized spacial score (nSPS) is 24.9. The smallest absolute Gasteiger partial charge is 0.0698 e. The van der Waals surface area contributed by atoms with Crippen LogP contribution in [0.5, 0.6) is 0 Å². The molecule has 1 saturated heterocycles. The molecule has 0 aromatic carbocycles. The van der Waals surface area contributed by atoms with Gasteiger partial charge in [-0.25, -0.2) is 0 Å². The molecule has 13 heavy (non-hydrogen) atoms. The average molecular weight is 189 g/mol. The number of hydrogen-bond acceptors (Lipinski definition) is 4. The lowest BCUT2D eigenvalue weighted by atomic mass is 10.2. The van der Waals surface area contributed by atoms with E-state index in [0.29, 0.717) is 19.3 Å². The van der Waals surface area contributed by atoms with Crippen LogP contribution in [0.1, 0.15) is 6.92 Å². The summed E-state index contributed by atoms with van der Waals surface area (Å²) in [5.74, 6) is 0. The van der Waals surface area contributed by atoms with Gasteiger partial charge in [-0.3, -0.25) is 4.90 Å². The van der Waals surface area contributed by atoms with Gasteiger partial charge < -0.3 is 14.6 Å². The van der Waals surface area contributed by atoms with E-state index >= 15 is 0 Å². The predicted octanol–water partition coefficient (Wildman–Crippen LogP) is -0.284. The van der Waals surface area contributed by atoms with E-state index in [1.54, 1.807) is 0 Å². The van der Waals surface area contributed by atoms with Crippen molar-refractivity contribution in [2.45, 2.75) is 13.0 Å². The zero-order valence-electron chi connectivity index (χ0n) is 8.24. The Morgan fingerprint density at radius 3 is 3.08 bits per heavy atom. The Kier molecular flexibility index (Phi) is 5.31. The van der Waals surface area contributed by atoms with Crippen molar-refractivity contribution in [1.29, 1.82) is 0 Å². The standard InChI is InChI=1S/C9H19NO3/c1-9-8-13-6-3-10(9)2-5-12-7-4-11/h9,11H,2-8H2,1H3. The van der Waals surface area contributed by atoms with Crippen molar-refractivity contribution in [3.8, 4) is 0 Å². The van der Waals surface area contributed by atoms with Gasteiger partial charge in [0, 0.05) is 19.1 Å². The highest BCUT2D eigenvalue weighted by molar-refractivity contribution is 4.70. The minimum absolute atomic E-state index is 0.110. The van der Waals surface area contributed by atoms with Gasteiger partial charge in [-0.1, -0.05) is 0 Å². The van der Waals surface area contributed by atoms with Crippen molar-refractivity contribution in [2.24, 2.45) is 0 Å². The molecule has 0 aromatic rings. The molecule has 0 aliphatic carbocycles. The molecule has 1 fully saturated rings. The average Bonchev–Trinajstić information content (AvgIpc) is 2.15. The molecule has 1 heterocycles. The first-order chi connectivity index (χ1) is 6.34. The fourth-order valence-electron chi connectivity index (χ4n) is 1.44. The van der Waals surface area contributed by atoms with Crippen LogP contribution in [0.3, 0.4) is 0 Å². The molecule has 0 amide bonds. The summed E-state index contributed by atoms with van der Waals surface area (Å²) in [6, 6.07) is 0.492. The molecule has 1 aliphatic heterocycles. The molecule has 1 unspecified atom stereocenters. The van der Waals surface area contributed by atoms with Crippen LogP contribution in [0.15, 0.2) is 0 Å². The van der Waals surface area contributed by atoms with Crippen LogP contribution in [0.4, 0.5) is 0 Å². The Hall–Kier alpha value is -0.160. The molecule has 1 atom stereocenters. The molecule has 0 aromatic heterocycles. The Bertz CT molecular complexity index is 132. The van der Waals surface area contributed by atoms with Gasteiger partial charge in [-0.2, -0.15) is 0 Å².